The van der Waals surface area contributed by atoms with Gasteiger partial charge in [-0.1, -0.05) is 12.1 Å². The van der Waals surface area contributed by atoms with E-state index in [0.29, 0.717) is 29.9 Å². The number of fused-ring (bicyclic) bond motifs is 1. The van der Waals surface area contributed by atoms with Crippen molar-refractivity contribution in [2.45, 2.75) is 20.4 Å². The average Bonchev–Trinajstić information content (AvgIpc) is 2.62. The Balaban J connectivity index is 1.80. The Morgan fingerprint density at radius 2 is 1.88 bits per heavy atom. The number of rotatable bonds is 5. The Labute approximate surface area is 152 Å². The van der Waals surface area contributed by atoms with Crippen LogP contribution in [0.15, 0.2) is 48.5 Å². The maximum atomic E-state index is 13.4. The zero-order valence-corrected chi connectivity index (χ0v) is 15.1. The Bertz CT molecular complexity index is 939. The van der Waals surface area contributed by atoms with Crippen LogP contribution < -0.4 is 4.74 Å². The smallest absolute Gasteiger partial charge is 0.255 e. The molecule has 26 heavy (non-hydrogen) atoms. The van der Waals surface area contributed by atoms with Gasteiger partial charge >= 0.3 is 0 Å². The second kappa shape index (κ2) is 7.52. The number of nitrogens with zero attached hydrogens (tertiary/aromatic N) is 2. The van der Waals surface area contributed by atoms with Crippen molar-refractivity contribution in [3.05, 3.63) is 71.2 Å². The molecule has 1 aromatic heterocycles. The fourth-order valence-electron chi connectivity index (χ4n) is 2.86. The third kappa shape index (κ3) is 3.82. The molecule has 3 aromatic rings. The summed E-state index contributed by atoms with van der Waals surface area (Å²) in [5, 5.41) is 0.745. The molecule has 3 rings (SSSR count). The van der Waals surface area contributed by atoms with Gasteiger partial charge in [-0.2, -0.15) is 0 Å². The third-order valence-corrected chi connectivity index (χ3v) is 4.20. The normalized spacial score (nSPS) is 10.8. The monoisotopic (exact) mass is 352 g/mol. The molecule has 1 amide bonds. The summed E-state index contributed by atoms with van der Waals surface area (Å²) in [4.78, 5) is 18.9. The lowest BCUT2D eigenvalue weighted by Crippen LogP contribution is -2.27. The van der Waals surface area contributed by atoms with E-state index in [2.05, 4.69) is 4.98 Å². The number of carbonyl (C=O) groups excluding carboxylic acids is 1. The van der Waals surface area contributed by atoms with Crippen molar-refractivity contribution in [3.8, 4) is 5.75 Å². The second-order valence-electron chi connectivity index (χ2n) is 6.20. The Hall–Kier alpha value is -2.95. The standard InChI is InChI=1S/C21H21FN2O2/c1-4-26-18-9-5-15(6-10-18)13-24(3)21(25)19-11-16-7-8-17(22)12-20(16)23-14(19)2/h5-12H,4,13H2,1-3H3. The SMILES string of the molecule is CCOc1ccc(CN(C)C(=O)c2cc3ccc(F)cc3nc2C)cc1. The average molecular weight is 352 g/mol. The van der Waals surface area contributed by atoms with Crippen molar-refractivity contribution in [2.75, 3.05) is 13.7 Å². The van der Waals surface area contributed by atoms with E-state index in [-0.39, 0.29) is 11.7 Å². The minimum Gasteiger partial charge on any atom is -0.494 e. The van der Waals surface area contributed by atoms with Crippen LogP contribution in [0.3, 0.4) is 0 Å². The minimum absolute atomic E-state index is 0.116. The second-order valence-corrected chi connectivity index (χ2v) is 6.20. The van der Waals surface area contributed by atoms with E-state index in [1.54, 1.807) is 31.0 Å². The van der Waals surface area contributed by atoms with Crippen LogP contribution in [0.2, 0.25) is 0 Å². The van der Waals surface area contributed by atoms with E-state index in [1.807, 2.05) is 31.2 Å². The lowest BCUT2D eigenvalue weighted by molar-refractivity contribution is 0.0784. The van der Waals surface area contributed by atoms with Gasteiger partial charge in [0.1, 0.15) is 11.6 Å². The summed E-state index contributed by atoms with van der Waals surface area (Å²) in [5.74, 6) is 0.359. The first-order valence-corrected chi connectivity index (χ1v) is 8.52. The zero-order valence-electron chi connectivity index (χ0n) is 15.1. The summed E-state index contributed by atoms with van der Waals surface area (Å²) >= 11 is 0. The molecule has 0 aliphatic carbocycles. The van der Waals surface area contributed by atoms with E-state index < -0.39 is 0 Å². The van der Waals surface area contributed by atoms with Crippen molar-refractivity contribution in [1.29, 1.82) is 0 Å². The first kappa shape index (κ1) is 17.9. The minimum atomic E-state index is -0.337. The van der Waals surface area contributed by atoms with Gasteiger partial charge in [-0.15, -0.1) is 0 Å². The molecule has 0 aliphatic heterocycles. The first-order valence-electron chi connectivity index (χ1n) is 8.52. The summed E-state index contributed by atoms with van der Waals surface area (Å²) in [6, 6.07) is 13.8. The van der Waals surface area contributed by atoms with Gasteiger partial charge < -0.3 is 9.64 Å². The molecule has 134 valence electrons. The van der Waals surface area contributed by atoms with Gasteiger partial charge in [0.15, 0.2) is 0 Å². The highest BCUT2D eigenvalue weighted by atomic mass is 19.1. The maximum absolute atomic E-state index is 13.4. The van der Waals surface area contributed by atoms with E-state index in [4.69, 9.17) is 4.74 Å². The van der Waals surface area contributed by atoms with Gasteiger partial charge in [0, 0.05) is 25.0 Å². The number of aryl methyl sites for hydroxylation is 1. The highest BCUT2D eigenvalue weighted by Gasteiger charge is 2.16. The van der Waals surface area contributed by atoms with Crippen LogP contribution in [0.5, 0.6) is 5.75 Å². The molecule has 0 fully saturated rings. The third-order valence-electron chi connectivity index (χ3n) is 4.20. The highest BCUT2D eigenvalue weighted by molar-refractivity contribution is 5.98. The highest BCUT2D eigenvalue weighted by Crippen LogP contribution is 2.20. The number of amides is 1. The van der Waals surface area contributed by atoms with Gasteiger partial charge in [-0.3, -0.25) is 9.78 Å². The van der Waals surface area contributed by atoms with E-state index in [1.165, 1.54) is 12.1 Å². The molecule has 0 N–H and O–H groups in total. The van der Waals surface area contributed by atoms with Gasteiger partial charge in [0.2, 0.25) is 0 Å². The van der Waals surface area contributed by atoms with Gasteiger partial charge in [0.25, 0.3) is 5.91 Å². The van der Waals surface area contributed by atoms with Crippen molar-refractivity contribution in [1.82, 2.24) is 9.88 Å². The summed E-state index contributed by atoms with van der Waals surface area (Å²) in [7, 11) is 1.76. The molecule has 0 spiro atoms. The molecule has 0 saturated heterocycles. The molecule has 2 aromatic carbocycles. The van der Waals surface area contributed by atoms with Gasteiger partial charge in [-0.05, 0) is 49.7 Å². The largest absolute Gasteiger partial charge is 0.494 e. The van der Waals surface area contributed by atoms with Crippen molar-refractivity contribution in [2.24, 2.45) is 0 Å². The molecule has 0 aliphatic rings. The topological polar surface area (TPSA) is 42.4 Å². The van der Waals surface area contributed by atoms with Crippen LogP contribution >= 0.6 is 0 Å². The Kier molecular flexibility index (Phi) is 5.16. The van der Waals surface area contributed by atoms with Gasteiger partial charge in [0.05, 0.1) is 23.4 Å². The fourth-order valence-corrected chi connectivity index (χ4v) is 2.86. The van der Waals surface area contributed by atoms with Crippen LogP contribution in [0.4, 0.5) is 4.39 Å². The first-order chi connectivity index (χ1) is 12.5. The molecule has 0 radical (unpaired) electrons. The molecule has 4 nitrogen and oxygen atoms in total. The summed E-state index contributed by atoms with van der Waals surface area (Å²) in [6.45, 7) is 4.80. The predicted molar refractivity (Wildman–Crippen MR) is 99.8 cm³/mol. The van der Waals surface area contributed by atoms with Crippen LogP contribution in [0.25, 0.3) is 10.9 Å². The molecule has 1 heterocycles. The number of benzene rings is 2. The summed E-state index contributed by atoms with van der Waals surface area (Å²) in [6.07, 6.45) is 0. The fraction of sp³-hybridized carbons (Fsp3) is 0.238. The summed E-state index contributed by atoms with van der Waals surface area (Å²) in [5.41, 5.74) is 2.68. The number of ether oxygens (including phenoxy) is 1. The maximum Gasteiger partial charge on any atom is 0.255 e. The van der Waals surface area contributed by atoms with E-state index in [9.17, 15) is 9.18 Å². The number of aromatic nitrogens is 1. The quantitative estimate of drug-likeness (QED) is 0.685. The van der Waals surface area contributed by atoms with E-state index >= 15 is 0 Å². The van der Waals surface area contributed by atoms with Crippen LogP contribution in [-0.4, -0.2) is 29.4 Å². The van der Waals surface area contributed by atoms with Crippen LogP contribution in [0, 0.1) is 12.7 Å². The number of carbonyl (C=O) groups is 1. The Morgan fingerprint density at radius 1 is 1.15 bits per heavy atom. The van der Waals surface area contributed by atoms with Crippen molar-refractivity contribution < 1.29 is 13.9 Å². The number of hydrogen-bond donors (Lipinski definition) is 0. The molecule has 0 bridgehead atoms. The number of pyridine rings is 1. The van der Waals surface area contributed by atoms with Crippen molar-refractivity contribution >= 4 is 16.8 Å². The lowest BCUT2D eigenvalue weighted by Gasteiger charge is -2.19. The molecule has 0 unspecified atom stereocenters. The summed E-state index contributed by atoms with van der Waals surface area (Å²) < 4.78 is 18.8. The van der Waals surface area contributed by atoms with Gasteiger partial charge in [-0.25, -0.2) is 4.39 Å². The van der Waals surface area contributed by atoms with E-state index in [0.717, 1.165) is 16.7 Å². The number of hydrogen-bond acceptors (Lipinski definition) is 3. The molecule has 5 heteroatoms. The molecular weight excluding hydrogens is 331 g/mol. The number of halogens is 1. The molecule has 0 saturated carbocycles. The molecular formula is C21H21FN2O2. The molecule has 0 atom stereocenters. The zero-order chi connectivity index (χ0) is 18.7. The lowest BCUT2D eigenvalue weighted by atomic mass is 10.1. The Morgan fingerprint density at radius 3 is 2.58 bits per heavy atom. The van der Waals surface area contributed by atoms with Crippen LogP contribution in [0.1, 0.15) is 28.5 Å². The van der Waals surface area contributed by atoms with Crippen LogP contribution in [-0.2, 0) is 6.54 Å². The predicted octanol–water partition coefficient (Wildman–Crippen LogP) is 4.35. The van der Waals surface area contributed by atoms with Crippen molar-refractivity contribution in [3.63, 3.8) is 0 Å².